The predicted octanol–water partition coefficient (Wildman–Crippen LogP) is 2.56. The van der Waals surface area contributed by atoms with Gasteiger partial charge in [0, 0.05) is 25.2 Å². The molecule has 1 aliphatic rings. The van der Waals surface area contributed by atoms with E-state index in [-0.39, 0.29) is 5.91 Å². The Kier molecular flexibility index (Phi) is 4.37. The molecule has 17 heavy (non-hydrogen) atoms. The molecule has 0 aliphatic carbocycles. The fourth-order valence-electron chi connectivity index (χ4n) is 2.29. The molecule has 2 heterocycles. The predicted molar refractivity (Wildman–Crippen MR) is 68.2 cm³/mol. The van der Waals surface area contributed by atoms with Crippen LogP contribution >= 0.6 is 11.6 Å². The van der Waals surface area contributed by atoms with E-state index in [4.69, 9.17) is 11.6 Å². The highest BCUT2D eigenvalue weighted by Gasteiger charge is 2.24. The molecule has 1 amide bonds. The molecule has 1 aromatic rings. The smallest absolute Gasteiger partial charge is 0.272 e. The van der Waals surface area contributed by atoms with E-state index in [0.717, 1.165) is 25.9 Å². The van der Waals surface area contributed by atoms with Gasteiger partial charge in [0.25, 0.3) is 5.91 Å². The van der Waals surface area contributed by atoms with Crippen molar-refractivity contribution in [3.8, 4) is 0 Å². The van der Waals surface area contributed by atoms with Crippen LogP contribution in [-0.4, -0.2) is 34.8 Å². The zero-order valence-electron chi connectivity index (χ0n) is 9.81. The third-order valence-corrected chi connectivity index (χ3v) is 3.43. The van der Waals surface area contributed by atoms with Crippen molar-refractivity contribution in [3.05, 3.63) is 30.1 Å². The number of likely N-dealkylation sites (tertiary alicyclic amines) is 1. The number of halogens is 1. The van der Waals surface area contributed by atoms with Gasteiger partial charge < -0.3 is 4.90 Å². The number of pyridine rings is 1. The van der Waals surface area contributed by atoms with Gasteiger partial charge in [-0.05, 0) is 37.3 Å². The number of carbonyl (C=O) groups excluding carboxylic acids is 1. The monoisotopic (exact) mass is 252 g/mol. The Balaban J connectivity index is 2.00. The summed E-state index contributed by atoms with van der Waals surface area (Å²) in [5.41, 5.74) is 0.541. The van der Waals surface area contributed by atoms with Gasteiger partial charge in [0.2, 0.25) is 0 Å². The van der Waals surface area contributed by atoms with Gasteiger partial charge in [0.05, 0.1) is 0 Å². The van der Waals surface area contributed by atoms with Gasteiger partial charge >= 0.3 is 0 Å². The molecule has 0 spiro atoms. The molecular formula is C13H17ClN2O. The van der Waals surface area contributed by atoms with Crippen LogP contribution in [0.2, 0.25) is 0 Å². The lowest BCUT2D eigenvalue weighted by molar-refractivity contribution is 0.0665. The molecule has 1 fully saturated rings. The molecule has 0 aromatic carbocycles. The number of nitrogens with zero attached hydrogens (tertiary/aromatic N) is 2. The van der Waals surface area contributed by atoms with Gasteiger partial charge in [-0.3, -0.25) is 9.78 Å². The van der Waals surface area contributed by atoms with Crippen molar-refractivity contribution in [1.82, 2.24) is 9.88 Å². The number of carbonyl (C=O) groups is 1. The Morgan fingerprint density at radius 3 is 3.12 bits per heavy atom. The minimum absolute atomic E-state index is 0.0462. The molecule has 1 aliphatic heterocycles. The number of aromatic nitrogens is 1. The Labute approximate surface area is 107 Å². The molecule has 92 valence electrons. The summed E-state index contributed by atoms with van der Waals surface area (Å²) < 4.78 is 0. The van der Waals surface area contributed by atoms with Crippen LogP contribution in [0.3, 0.4) is 0 Å². The fraction of sp³-hybridized carbons (Fsp3) is 0.538. The highest BCUT2D eigenvalue weighted by Crippen LogP contribution is 2.21. The average Bonchev–Trinajstić information content (AvgIpc) is 2.40. The summed E-state index contributed by atoms with van der Waals surface area (Å²) in [4.78, 5) is 18.2. The van der Waals surface area contributed by atoms with Gasteiger partial charge in [-0.15, -0.1) is 11.6 Å². The molecule has 1 atom stereocenters. The standard InChI is InChI=1S/C13H17ClN2O/c14-7-6-11-4-3-9-16(10-11)13(17)12-5-1-2-8-15-12/h1-2,5,8,11H,3-4,6-7,9-10H2. The van der Waals surface area contributed by atoms with Gasteiger partial charge in [0.1, 0.15) is 5.69 Å². The number of hydrogen-bond donors (Lipinski definition) is 0. The van der Waals surface area contributed by atoms with Crippen molar-refractivity contribution in [2.45, 2.75) is 19.3 Å². The molecular weight excluding hydrogens is 236 g/mol. The van der Waals surface area contributed by atoms with Crippen molar-refractivity contribution in [1.29, 1.82) is 0 Å². The minimum atomic E-state index is 0.0462. The van der Waals surface area contributed by atoms with E-state index in [9.17, 15) is 4.79 Å². The second-order valence-corrected chi connectivity index (χ2v) is 4.83. The van der Waals surface area contributed by atoms with Crippen molar-refractivity contribution < 1.29 is 4.79 Å². The summed E-state index contributed by atoms with van der Waals surface area (Å²) in [5, 5.41) is 0. The number of rotatable bonds is 3. The highest BCUT2D eigenvalue weighted by molar-refractivity contribution is 6.17. The van der Waals surface area contributed by atoms with E-state index in [1.807, 2.05) is 17.0 Å². The van der Waals surface area contributed by atoms with Gasteiger partial charge in [0.15, 0.2) is 0 Å². The summed E-state index contributed by atoms with van der Waals surface area (Å²) >= 11 is 5.76. The van der Waals surface area contributed by atoms with Crippen LogP contribution in [-0.2, 0) is 0 Å². The third kappa shape index (κ3) is 3.19. The minimum Gasteiger partial charge on any atom is -0.337 e. The molecule has 0 saturated carbocycles. The summed E-state index contributed by atoms with van der Waals surface area (Å²) in [5.74, 6) is 1.27. The normalized spacial score (nSPS) is 20.3. The van der Waals surface area contributed by atoms with Gasteiger partial charge in [-0.1, -0.05) is 6.07 Å². The topological polar surface area (TPSA) is 33.2 Å². The quantitative estimate of drug-likeness (QED) is 0.775. The second-order valence-electron chi connectivity index (χ2n) is 4.45. The summed E-state index contributed by atoms with van der Waals surface area (Å²) in [6.45, 7) is 1.66. The molecule has 1 unspecified atom stereocenters. The van der Waals surface area contributed by atoms with Crippen LogP contribution in [0.15, 0.2) is 24.4 Å². The van der Waals surface area contributed by atoms with Crippen molar-refractivity contribution >= 4 is 17.5 Å². The van der Waals surface area contributed by atoms with E-state index in [1.54, 1.807) is 12.3 Å². The maximum atomic E-state index is 12.2. The largest absolute Gasteiger partial charge is 0.337 e. The third-order valence-electron chi connectivity index (χ3n) is 3.21. The Hall–Kier alpha value is -1.09. The zero-order chi connectivity index (χ0) is 12.1. The average molecular weight is 253 g/mol. The van der Waals surface area contributed by atoms with Crippen LogP contribution in [0.4, 0.5) is 0 Å². The maximum Gasteiger partial charge on any atom is 0.272 e. The fourth-order valence-corrected chi connectivity index (χ4v) is 2.60. The SMILES string of the molecule is O=C(c1ccccn1)N1CCCC(CCCl)C1. The molecule has 2 rings (SSSR count). The number of hydrogen-bond acceptors (Lipinski definition) is 2. The Morgan fingerprint density at radius 2 is 2.41 bits per heavy atom. The first kappa shape index (κ1) is 12.4. The lowest BCUT2D eigenvalue weighted by Gasteiger charge is -2.32. The molecule has 3 nitrogen and oxygen atoms in total. The summed E-state index contributed by atoms with van der Waals surface area (Å²) in [6.07, 6.45) is 4.90. The summed E-state index contributed by atoms with van der Waals surface area (Å²) in [6, 6.07) is 5.44. The first-order valence-corrected chi connectivity index (χ1v) is 6.61. The zero-order valence-corrected chi connectivity index (χ0v) is 10.6. The molecule has 1 aromatic heterocycles. The van der Waals surface area contributed by atoms with E-state index in [2.05, 4.69) is 4.98 Å². The van der Waals surface area contributed by atoms with Crippen molar-refractivity contribution in [3.63, 3.8) is 0 Å². The lowest BCUT2D eigenvalue weighted by atomic mass is 9.95. The van der Waals surface area contributed by atoms with Gasteiger partial charge in [-0.25, -0.2) is 0 Å². The maximum absolute atomic E-state index is 12.2. The van der Waals surface area contributed by atoms with Crippen LogP contribution in [0.1, 0.15) is 29.8 Å². The summed E-state index contributed by atoms with van der Waals surface area (Å²) in [7, 11) is 0. The molecule has 4 heteroatoms. The molecule has 0 N–H and O–H groups in total. The van der Waals surface area contributed by atoms with Crippen molar-refractivity contribution in [2.75, 3.05) is 19.0 Å². The lowest BCUT2D eigenvalue weighted by Crippen LogP contribution is -2.40. The molecule has 0 bridgehead atoms. The van der Waals surface area contributed by atoms with Gasteiger partial charge in [-0.2, -0.15) is 0 Å². The van der Waals surface area contributed by atoms with E-state index >= 15 is 0 Å². The Bertz CT molecular complexity index is 367. The Morgan fingerprint density at radius 1 is 1.53 bits per heavy atom. The van der Waals surface area contributed by atoms with Crippen LogP contribution in [0.25, 0.3) is 0 Å². The van der Waals surface area contributed by atoms with Crippen LogP contribution < -0.4 is 0 Å². The van der Waals surface area contributed by atoms with Crippen LogP contribution in [0, 0.1) is 5.92 Å². The van der Waals surface area contributed by atoms with Crippen molar-refractivity contribution in [2.24, 2.45) is 5.92 Å². The first-order chi connectivity index (χ1) is 8.31. The number of amides is 1. The molecule has 1 saturated heterocycles. The first-order valence-electron chi connectivity index (χ1n) is 6.07. The van der Waals surface area contributed by atoms with E-state index in [1.165, 1.54) is 6.42 Å². The number of alkyl halides is 1. The van der Waals surface area contributed by atoms with E-state index < -0.39 is 0 Å². The highest BCUT2D eigenvalue weighted by atomic mass is 35.5. The molecule has 0 radical (unpaired) electrons. The second kappa shape index (κ2) is 6.01. The van der Waals surface area contributed by atoms with E-state index in [0.29, 0.717) is 17.5 Å². The van der Waals surface area contributed by atoms with Crippen LogP contribution in [0.5, 0.6) is 0 Å². The number of piperidine rings is 1.